The summed E-state index contributed by atoms with van der Waals surface area (Å²) >= 11 is 0. The highest BCUT2D eigenvalue weighted by atomic mass is 16.5. The van der Waals surface area contributed by atoms with Crippen molar-refractivity contribution in [1.29, 1.82) is 0 Å². The summed E-state index contributed by atoms with van der Waals surface area (Å²) in [4.78, 5) is 24.9. The van der Waals surface area contributed by atoms with Gasteiger partial charge in [-0.2, -0.15) is 0 Å². The fourth-order valence-electron chi connectivity index (χ4n) is 2.58. The molecule has 2 unspecified atom stereocenters. The maximum atomic E-state index is 12.5. The lowest BCUT2D eigenvalue weighted by Gasteiger charge is -2.23. The van der Waals surface area contributed by atoms with Gasteiger partial charge >= 0.3 is 0 Å². The Morgan fingerprint density at radius 1 is 1.15 bits per heavy atom. The van der Waals surface area contributed by atoms with Crippen molar-refractivity contribution < 1.29 is 18.7 Å². The lowest BCUT2D eigenvalue weighted by Crippen LogP contribution is -2.50. The molecule has 2 amide bonds. The van der Waals surface area contributed by atoms with E-state index in [9.17, 15) is 9.59 Å². The average molecular weight is 372 g/mol. The Balaban J connectivity index is 1.75. The van der Waals surface area contributed by atoms with Gasteiger partial charge in [-0.1, -0.05) is 38.5 Å². The maximum Gasteiger partial charge on any atom is 0.251 e. The molecular formula is C21H28N2O4. The van der Waals surface area contributed by atoms with E-state index in [1.165, 1.54) is 0 Å². The monoisotopic (exact) mass is 372 g/mol. The van der Waals surface area contributed by atoms with E-state index >= 15 is 0 Å². The maximum absolute atomic E-state index is 12.5. The molecule has 0 aliphatic carbocycles. The van der Waals surface area contributed by atoms with Gasteiger partial charge in [-0.3, -0.25) is 9.59 Å². The Bertz CT molecular complexity index is 685. The molecular weight excluding hydrogens is 344 g/mol. The van der Waals surface area contributed by atoms with Crippen LogP contribution in [0.5, 0.6) is 0 Å². The van der Waals surface area contributed by atoms with E-state index in [-0.39, 0.29) is 17.7 Å². The summed E-state index contributed by atoms with van der Waals surface area (Å²) in [7, 11) is 0. The lowest BCUT2D eigenvalue weighted by atomic mass is 9.98. The van der Waals surface area contributed by atoms with Gasteiger partial charge in [0.1, 0.15) is 18.4 Å². The molecule has 1 heterocycles. The van der Waals surface area contributed by atoms with E-state index in [0.717, 1.165) is 12.2 Å². The first-order valence-electron chi connectivity index (χ1n) is 9.35. The van der Waals surface area contributed by atoms with Crippen molar-refractivity contribution in [2.24, 2.45) is 5.92 Å². The van der Waals surface area contributed by atoms with Gasteiger partial charge in [0.15, 0.2) is 0 Å². The Morgan fingerprint density at radius 2 is 1.93 bits per heavy atom. The predicted molar refractivity (Wildman–Crippen MR) is 103 cm³/mol. The number of rotatable bonds is 11. The quantitative estimate of drug-likeness (QED) is 0.594. The van der Waals surface area contributed by atoms with Crippen molar-refractivity contribution in [3.63, 3.8) is 0 Å². The first kappa shape index (κ1) is 20.7. The molecule has 0 aliphatic rings. The molecule has 0 bridgehead atoms. The van der Waals surface area contributed by atoms with Crippen LogP contribution in [0.1, 0.15) is 42.8 Å². The van der Waals surface area contributed by atoms with Gasteiger partial charge in [0.2, 0.25) is 5.91 Å². The molecule has 6 heteroatoms. The second-order valence-electron chi connectivity index (χ2n) is 6.48. The molecule has 2 N–H and O–H groups in total. The number of amides is 2. The Labute approximate surface area is 160 Å². The topological polar surface area (TPSA) is 80.6 Å². The van der Waals surface area contributed by atoms with Crippen LogP contribution < -0.4 is 10.6 Å². The molecule has 0 saturated carbocycles. The van der Waals surface area contributed by atoms with Crippen molar-refractivity contribution in [3.05, 3.63) is 60.1 Å². The normalized spacial score (nSPS) is 13.0. The first-order valence-corrected chi connectivity index (χ1v) is 9.35. The highest BCUT2D eigenvalue weighted by Crippen LogP contribution is 2.10. The lowest BCUT2D eigenvalue weighted by molar-refractivity contribution is -0.124. The largest absolute Gasteiger partial charge is 0.467 e. The van der Waals surface area contributed by atoms with E-state index in [1.807, 2.05) is 32.0 Å². The van der Waals surface area contributed by atoms with Crippen LogP contribution >= 0.6 is 0 Å². The van der Waals surface area contributed by atoms with E-state index in [0.29, 0.717) is 31.7 Å². The smallest absolute Gasteiger partial charge is 0.251 e. The molecule has 6 nitrogen and oxygen atoms in total. The van der Waals surface area contributed by atoms with Crippen molar-refractivity contribution >= 4 is 11.8 Å². The molecule has 1 aromatic heterocycles. The third-order valence-corrected chi connectivity index (χ3v) is 4.41. The number of carbonyl (C=O) groups is 2. The Hall–Kier alpha value is -2.60. The molecule has 146 valence electrons. The van der Waals surface area contributed by atoms with E-state index < -0.39 is 6.04 Å². The summed E-state index contributed by atoms with van der Waals surface area (Å²) in [5.41, 5.74) is 0.546. The number of furan rings is 1. The number of hydrogen-bond acceptors (Lipinski definition) is 4. The van der Waals surface area contributed by atoms with Crippen molar-refractivity contribution in [3.8, 4) is 0 Å². The van der Waals surface area contributed by atoms with Gasteiger partial charge in [0, 0.05) is 18.7 Å². The predicted octanol–water partition coefficient (Wildman–Crippen LogP) is 3.15. The standard InChI is InChI=1S/C21H28N2O4/c1-3-16(2)19(23-20(24)17-9-5-4-6-10-17)21(25)22-12-8-13-26-15-18-11-7-14-27-18/h4-7,9-11,14,16,19H,3,8,12-13,15H2,1-2H3,(H,22,25)(H,23,24). The highest BCUT2D eigenvalue weighted by Gasteiger charge is 2.25. The molecule has 0 saturated heterocycles. The molecule has 0 fully saturated rings. The van der Waals surface area contributed by atoms with Gasteiger partial charge in [0.05, 0.1) is 6.26 Å². The molecule has 0 aliphatic heterocycles. The Kier molecular flexibility index (Phi) is 8.58. The molecule has 0 radical (unpaired) electrons. The van der Waals surface area contributed by atoms with Gasteiger partial charge in [-0.25, -0.2) is 0 Å². The number of hydrogen-bond donors (Lipinski definition) is 2. The summed E-state index contributed by atoms with van der Waals surface area (Å²) in [5.74, 6) is 0.407. The third kappa shape index (κ3) is 6.90. The second-order valence-corrected chi connectivity index (χ2v) is 6.48. The van der Waals surface area contributed by atoms with Crippen LogP contribution in [0.3, 0.4) is 0 Å². The number of nitrogens with one attached hydrogen (secondary N) is 2. The fourth-order valence-corrected chi connectivity index (χ4v) is 2.58. The van der Waals surface area contributed by atoms with Crippen LogP contribution in [0, 0.1) is 5.92 Å². The summed E-state index contributed by atoms with van der Waals surface area (Å²) in [6.07, 6.45) is 3.09. The van der Waals surface area contributed by atoms with Crippen LogP contribution in [0.25, 0.3) is 0 Å². The van der Waals surface area contributed by atoms with Crippen LogP contribution in [0.4, 0.5) is 0 Å². The summed E-state index contributed by atoms with van der Waals surface area (Å²) in [6.45, 7) is 5.39. The molecule has 27 heavy (non-hydrogen) atoms. The first-order chi connectivity index (χ1) is 13.1. The number of carbonyl (C=O) groups excluding carboxylic acids is 2. The third-order valence-electron chi connectivity index (χ3n) is 4.41. The second kappa shape index (κ2) is 11.2. The molecule has 2 atom stereocenters. The van der Waals surface area contributed by atoms with Crippen LogP contribution in [0.2, 0.25) is 0 Å². The zero-order valence-corrected chi connectivity index (χ0v) is 15.9. The van der Waals surface area contributed by atoms with Crippen LogP contribution in [0.15, 0.2) is 53.1 Å². The van der Waals surface area contributed by atoms with E-state index in [4.69, 9.17) is 9.15 Å². The van der Waals surface area contributed by atoms with Crippen LogP contribution in [-0.2, 0) is 16.1 Å². The minimum Gasteiger partial charge on any atom is -0.467 e. The molecule has 0 spiro atoms. The summed E-state index contributed by atoms with van der Waals surface area (Å²) in [6, 6.07) is 12.0. The van der Waals surface area contributed by atoms with Gasteiger partial charge in [-0.05, 0) is 36.6 Å². The van der Waals surface area contributed by atoms with E-state index in [2.05, 4.69) is 10.6 Å². The SMILES string of the molecule is CCC(C)C(NC(=O)c1ccccc1)C(=O)NCCCOCc1ccco1. The summed E-state index contributed by atoms with van der Waals surface area (Å²) < 4.78 is 10.7. The summed E-state index contributed by atoms with van der Waals surface area (Å²) in [5, 5.41) is 5.75. The zero-order valence-electron chi connectivity index (χ0n) is 15.9. The molecule has 2 aromatic rings. The average Bonchev–Trinajstić information content (AvgIpc) is 3.22. The van der Waals surface area contributed by atoms with Gasteiger partial charge < -0.3 is 19.8 Å². The van der Waals surface area contributed by atoms with Gasteiger partial charge in [0.25, 0.3) is 5.91 Å². The fraction of sp³-hybridized carbons (Fsp3) is 0.429. The number of ether oxygens (including phenoxy) is 1. The highest BCUT2D eigenvalue weighted by molar-refractivity contribution is 5.97. The zero-order chi connectivity index (χ0) is 19.5. The van der Waals surface area contributed by atoms with E-state index in [1.54, 1.807) is 30.5 Å². The van der Waals surface area contributed by atoms with Gasteiger partial charge in [-0.15, -0.1) is 0 Å². The van der Waals surface area contributed by atoms with Crippen LogP contribution in [-0.4, -0.2) is 31.0 Å². The molecule has 2 rings (SSSR count). The molecule has 1 aromatic carbocycles. The minimum absolute atomic E-state index is 0.0351. The van der Waals surface area contributed by atoms with Crippen molar-refractivity contribution in [1.82, 2.24) is 10.6 Å². The number of benzene rings is 1. The van der Waals surface area contributed by atoms with Crippen molar-refractivity contribution in [2.45, 2.75) is 39.3 Å². The minimum atomic E-state index is -0.563. The Morgan fingerprint density at radius 3 is 2.59 bits per heavy atom. The van der Waals surface area contributed by atoms with Crippen molar-refractivity contribution in [2.75, 3.05) is 13.2 Å².